The second-order valence-corrected chi connectivity index (χ2v) is 7.61. The van der Waals surface area contributed by atoms with Crippen molar-refractivity contribution in [1.82, 2.24) is 5.32 Å². The van der Waals surface area contributed by atoms with Gasteiger partial charge in [-0.2, -0.15) is 17.2 Å². The van der Waals surface area contributed by atoms with Crippen LogP contribution in [-0.4, -0.2) is 28.0 Å². The van der Waals surface area contributed by atoms with Crippen molar-refractivity contribution in [1.29, 1.82) is 0 Å². The van der Waals surface area contributed by atoms with E-state index in [1.807, 2.05) is 0 Å². The molecule has 1 aromatic rings. The van der Waals surface area contributed by atoms with E-state index in [4.69, 9.17) is 0 Å². The molecule has 5 nitrogen and oxygen atoms in total. The van der Waals surface area contributed by atoms with E-state index in [2.05, 4.69) is 9.50 Å². The third kappa shape index (κ3) is 4.23. The van der Waals surface area contributed by atoms with Crippen molar-refractivity contribution >= 4 is 16.0 Å². The van der Waals surface area contributed by atoms with Gasteiger partial charge in [-0.15, -0.1) is 0 Å². The summed E-state index contributed by atoms with van der Waals surface area (Å²) in [6.07, 6.45) is 0. The summed E-state index contributed by atoms with van der Waals surface area (Å²) in [4.78, 5) is 11.3. The molecular weight excluding hydrogens is 316 g/mol. The third-order valence-corrected chi connectivity index (χ3v) is 3.96. The molecule has 0 bridgehead atoms. The second kappa shape index (κ2) is 6.29. The fourth-order valence-electron chi connectivity index (χ4n) is 1.43. The van der Waals surface area contributed by atoms with Crippen molar-refractivity contribution < 1.29 is 26.2 Å². The zero-order chi connectivity index (χ0) is 17.2. The molecule has 1 aromatic carbocycles. The molecular formula is C14H19F2NO4S. The highest BCUT2D eigenvalue weighted by Gasteiger charge is 2.48. The van der Waals surface area contributed by atoms with Crippen molar-refractivity contribution in [3.05, 3.63) is 35.4 Å². The van der Waals surface area contributed by atoms with Gasteiger partial charge in [0, 0.05) is 18.2 Å². The Bertz CT molecular complexity index is 634. The number of carbonyl (C=O) groups excluding carboxylic acids is 1. The first-order valence-corrected chi connectivity index (χ1v) is 7.91. The number of carbonyl (C=O) groups is 1. The van der Waals surface area contributed by atoms with Crippen LogP contribution >= 0.6 is 0 Å². The molecule has 8 heteroatoms. The van der Waals surface area contributed by atoms with E-state index in [0.29, 0.717) is 0 Å². The number of benzene rings is 1. The molecule has 0 aliphatic rings. The van der Waals surface area contributed by atoms with E-state index in [1.165, 1.54) is 7.05 Å². The molecule has 0 aromatic heterocycles. The highest BCUT2D eigenvalue weighted by Crippen LogP contribution is 2.36. The third-order valence-electron chi connectivity index (χ3n) is 2.67. The molecule has 1 amide bonds. The maximum atomic E-state index is 14.1. The second-order valence-electron chi connectivity index (χ2n) is 5.95. The Kier molecular flexibility index (Phi) is 5.30. The van der Waals surface area contributed by atoms with Crippen LogP contribution in [0.1, 0.15) is 36.7 Å². The number of amides is 1. The van der Waals surface area contributed by atoms with E-state index in [-0.39, 0.29) is 12.2 Å². The van der Waals surface area contributed by atoms with Gasteiger partial charge in [0.1, 0.15) is 0 Å². The van der Waals surface area contributed by atoms with Crippen LogP contribution in [0, 0.1) is 5.41 Å². The van der Waals surface area contributed by atoms with Crippen LogP contribution in [0.5, 0.6) is 0 Å². The zero-order valence-corrected chi connectivity index (χ0v) is 13.6. The Morgan fingerprint density at radius 3 is 2.09 bits per heavy atom. The molecule has 0 radical (unpaired) electrons. The molecule has 1 rings (SSSR count). The van der Waals surface area contributed by atoms with E-state index >= 15 is 0 Å². The summed E-state index contributed by atoms with van der Waals surface area (Å²) >= 11 is 0. The Morgan fingerprint density at radius 2 is 1.68 bits per heavy atom. The minimum Gasteiger partial charge on any atom is -0.355 e. The van der Waals surface area contributed by atoms with E-state index in [1.54, 1.807) is 20.8 Å². The zero-order valence-electron chi connectivity index (χ0n) is 12.8. The lowest BCUT2D eigenvalue weighted by molar-refractivity contribution is 0.0644. The standard InChI is InChI=1S/C14H19F2NO4S/c1-13(2,3)9-21-22(19,20)14(15,16)11-7-5-10(6-8-11)12(18)17-4/h5-8H,9H2,1-4H3,(H,17,18). The van der Waals surface area contributed by atoms with Crippen LogP contribution < -0.4 is 5.32 Å². The van der Waals surface area contributed by atoms with Crippen LogP contribution in [0.15, 0.2) is 24.3 Å². The maximum absolute atomic E-state index is 14.1. The van der Waals surface area contributed by atoms with Gasteiger partial charge >= 0.3 is 15.4 Å². The molecule has 0 saturated carbocycles. The van der Waals surface area contributed by atoms with E-state index in [0.717, 1.165) is 24.3 Å². The Balaban J connectivity index is 3.04. The molecule has 0 fully saturated rings. The van der Waals surface area contributed by atoms with Crippen molar-refractivity contribution in [3.8, 4) is 0 Å². The van der Waals surface area contributed by atoms with Gasteiger partial charge in [0.05, 0.1) is 6.61 Å². The molecule has 0 saturated heterocycles. The topological polar surface area (TPSA) is 72.5 Å². The molecule has 0 aliphatic carbocycles. The highest BCUT2D eigenvalue weighted by atomic mass is 32.2. The number of hydrogen-bond donors (Lipinski definition) is 1. The first-order chi connectivity index (χ1) is 9.90. The van der Waals surface area contributed by atoms with Crippen LogP contribution in [0.3, 0.4) is 0 Å². The molecule has 0 atom stereocenters. The van der Waals surface area contributed by atoms with Gasteiger partial charge in [0.25, 0.3) is 5.91 Å². The minimum absolute atomic E-state index is 0.148. The lowest BCUT2D eigenvalue weighted by Crippen LogP contribution is -2.31. The molecule has 1 N–H and O–H groups in total. The number of alkyl halides is 2. The van der Waals surface area contributed by atoms with Crippen LogP contribution in [0.25, 0.3) is 0 Å². The van der Waals surface area contributed by atoms with Gasteiger partial charge < -0.3 is 5.32 Å². The molecule has 124 valence electrons. The summed E-state index contributed by atoms with van der Waals surface area (Å²) in [6.45, 7) is 4.64. The normalized spacial score (nSPS) is 13.0. The lowest BCUT2D eigenvalue weighted by Gasteiger charge is -2.21. The van der Waals surface area contributed by atoms with Gasteiger partial charge in [-0.1, -0.05) is 32.9 Å². The Labute approximate surface area is 128 Å². The summed E-state index contributed by atoms with van der Waals surface area (Å²) in [5, 5.41) is -1.86. The van der Waals surface area contributed by atoms with Gasteiger partial charge in [-0.3, -0.25) is 8.98 Å². The molecule has 0 spiro atoms. The van der Waals surface area contributed by atoms with Crippen LogP contribution in [0.4, 0.5) is 8.78 Å². The van der Waals surface area contributed by atoms with Crippen LogP contribution in [-0.2, 0) is 19.6 Å². The van der Waals surface area contributed by atoms with Crippen LogP contribution in [0.2, 0.25) is 0 Å². The lowest BCUT2D eigenvalue weighted by atomic mass is 9.99. The van der Waals surface area contributed by atoms with E-state index in [9.17, 15) is 22.0 Å². The summed E-state index contributed by atoms with van der Waals surface area (Å²) < 4.78 is 56.1. The predicted molar refractivity (Wildman–Crippen MR) is 78.1 cm³/mol. The average Bonchev–Trinajstić information content (AvgIpc) is 2.43. The molecule has 22 heavy (non-hydrogen) atoms. The SMILES string of the molecule is CNC(=O)c1ccc(C(F)(F)S(=O)(=O)OCC(C)(C)C)cc1. The summed E-state index contributed by atoms with van der Waals surface area (Å²) in [6, 6.07) is 4.04. The van der Waals surface area contributed by atoms with E-state index < -0.39 is 32.3 Å². The first kappa shape index (κ1) is 18.5. The largest absolute Gasteiger partial charge is 0.395 e. The number of hydrogen-bond acceptors (Lipinski definition) is 4. The highest BCUT2D eigenvalue weighted by molar-refractivity contribution is 7.87. The van der Waals surface area contributed by atoms with Gasteiger partial charge in [-0.25, -0.2) is 0 Å². The average molecular weight is 335 g/mol. The number of nitrogens with one attached hydrogen (secondary N) is 1. The monoisotopic (exact) mass is 335 g/mol. The number of rotatable bonds is 5. The molecule has 0 aliphatic heterocycles. The quantitative estimate of drug-likeness (QED) is 0.839. The van der Waals surface area contributed by atoms with Gasteiger partial charge in [0.15, 0.2) is 0 Å². The Morgan fingerprint density at radius 1 is 1.18 bits per heavy atom. The number of halogens is 2. The fourth-order valence-corrected chi connectivity index (χ4v) is 2.51. The van der Waals surface area contributed by atoms with Crippen molar-refractivity contribution in [2.45, 2.75) is 26.0 Å². The predicted octanol–water partition coefficient (Wildman–Crippen LogP) is 2.49. The van der Waals surface area contributed by atoms with Crippen molar-refractivity contribution in [2.24, 2.45) is 5.41 Å². The summed E-state index contributed by atoms with van der Waals surface area (Å²) in [5.41, 5.74) is -1.18. The first-order valence-electron chi connectivity index (χ1n) is 6.50. The Hall–Kier alpha value is -1.54. The summed E-state index contributed by atoms with van der Waals surface area (Å²) in [5.74, 6) is -0.457. The molecule has 0 unspecified atom stereocenters. The molecule has 0 heterocycles. The van der Waals surface area contributed by atoms with Gasteiger partial charge in [-0.05, 0) is 17.5 Å². The maximum Gasteiger partial charge on any atom is 0.395 e. The van der Waals surface area contributed by atoms with Gasteiger partial charge in [0.2, 0.25) is 0 Å². The van der Waals surface area contributed by atoms with Crippen molar-refractivity contribution in [2.75, 3.05) is 13.7 Å². The minimum atomic E-state index is -5.12. The summed E-state index contributed by atoms with van der Waals surface area (Å²) in [7, 11) is -3.72. The van der Waals surface area contributed by atoms with Crippen molar-refractivity contribution in [3.63, 3.8) is 0 Å². The fraction of sp³-hybridized carbons (Fsp3) is 0.500. The smallest absolute Gasteiger partial charge is 0.355 e.